The summed E-state index contributed by atoms with van der Waals surface area (Å²) in [5, 5.41) is 0.194. The molecule has 1 aromatic carbocycles. The molecule has 3 nitrogen and oxygen atoms in total. The van der Waals surface area contributed by atoms with E-state index in [4.69, 9.17) is 13.9 Å². The van der Waals surface area contributed by atoms with E-state index in [1.165, 1.54) is 5.56 Å². The van der Waals surface area contributed by atoms with Crippen molar-refractivity contribution < 1.29 is 13.9 Å². The topological polar surface area (TPSA) is 27.7 Å². The first kappa shape index (κ1) is 17.7. The quantitative estimate of drug-likeness (QED) is 0.721. The first-order chi connectivity index (χ1) is 10.2. The highest BCUT2D eigenvalue weighted by Crippen LogP contribution is 2.42. The number of rotatable bonds is 5. The van der Waals surface area contributed by atoms with Gasteiger partial charge in [0.1, 0.15) is 0 Å². The zero-order valence-corrected chi connectivity index (χ0v) is 15.8. The van der Waals surface area contributed by atoms with Crippen LogP contribution in [0.4, 0.5) is 0 Å². The van der Waals surface area contributed by atoms with E-state index in [1.807, 2.05) is 6.07 Å². The molecule has 0 N–H and O–H groups in total. The Labute approximate surface area is 136 Å². The second-order valence-electron chi connectivity index (χ2n) is 7.72. The van der Waals surface area contributed by atoms with Gasteiger partial charge in [0.05, 0.1) is 12.7 Å². The molecule has 0 aromatic heterocycles. The molecule has 0 saturated carbocycles. The summed E-state index contributed by atoms with van der Waals surface area (Å²) in [6.07, 6.45) is 1.94. The van der Waals surface area contributed by atoms with E-state index >= 15 is 0 Å². The summed E-state index contributed by atoms with van der Waals surface area (Å²) in [4.78, 5) is 0. The average Bonchev–Trinajstić information content (AvgIpc) is 2.90. The lowest BCUT2D eigenvalue weighted by Gasteiger charge is -2.39. The maximum atomic E-state index is 6.35. The van der Waals surface area contributed by atoms with Crippen molar-refractivity contribution in [1.29, 1.82) is 0 Å². The van der Waals surface area contributed by atoms with E-state index in [9.17, 15) is 0 Å². The van der Waals surface area contributed by atoms with E-state index in [-0.39, 0.29) is 11.1 Å². The summed E-state index contributed by atoms with van der Waals surface area (Å²) in [5.41, 5.74) is 1.22. The number of ether oxygens (including phenoxy) is 2. The number of hydrogen-bond acceptors (Lipinski definition) is 3. The molecular formula is C18H30O3Si. The Morgan fingerprint density at radius 2 is 1.86 bits per heavy atom. The van der Waals surface area contributed by atoms with Crippen LogP contribution in [0.25, 0.3) is 0 Å². The van der Waals surface area contributed by atoms with Crippen LogP contribution in [-0.4, -0.2) is 27.8 Å². The van der Waals surface area contributed by atoms with Crippen molar-refractivity contribution in [2.24, 2.45) is 0 Å². The molecule has 0 unspecified atom stereocenters. The Morgan fingerprint density at radius 1 is 1.23 bits per heavy atom. The van der Waals surface area contributed by atoms with Gasteiger partial charge in [-0.25, -0.2) is 0 Å². The summed E-state index contributed by atoms with van der Waals surface area (Å²) >= 11 is 0. The fourth-order valence-electron chi connectivity index (χ4n) is 2.45. The van der Waals surface area contributed by atoms with Crippen molar-refractivity contribution in [2.45, 2.75) is 63.6 Å². The zero-order valence-electron chi connectivity index (χ0n) is 14.8. The molecule has 0 spiro atoms. The van der Waals surface area contributed by atoms with Gasteiger partial charge in [-0.05, 0) is 30.1 Å². The monoisotopic (exact) mass is 322 g/mol. The molecule has 2 atom stereocenters. The lowest BCUT2D eigenvalue weighted by Crippen LogP contribution is -2.46. The van der Waals surface area contributed by atoms with Crippen molar-refractivity contribution >= 4 is 8.32 Å². The smallest absolute Gasteiger partial charge is 0.192 e. The molecule has 1 heterocycles. The van der Waals surface area contributed by atoms with E-state index in [0.29, 0.717) is 6.61 Å². The van der Waals surface area contributed by atoms with Crippen molar-refractivity contribution in [3.05, 3.63) is 35.9 Å². The minimum absolute atomic E-state index is 0.101. The predicted molar refractivity (Wildman–Crippen MR) is 92.4 cm³/mol. The second kappa shape index (κ2) is 6.44. The highest BCUT2D eigenvalue weighted by molar-refractivity contribution is 6.74. The van der Waals surface area contributed by atoms with E-state index < -0.39 is 14.1 Å². The highest BCUT2D eigenvalue weighted by atomic mass is 28.4. The van der Waals surface area contributed by atoms with Crippen molar-refractivity contribution in [1.82, 2.24) is 0 Å². The molecule has 124 valence electrons. The minimum Gasteiger partial charge on any atom is -0.411 e. The summed E-state index contributed by atoms with van der Waals surface area (Å²) in [7, 11) is -0.0724. The molecule has 1 fully saturated rings. The summed E-state index contributed by atoms with van der Waals surface area (Å²) in [6, 6.07) is 10.4. The van der Waals surface area contributed by atoms with Gasteiger partial charge in [-0.3, -0.25) is 0 Å². The maximum absolute atomic E-state index is 6.35. The van der Waals surface area contributed by atoms with Crippen LogP contribution >= 0.6 is 0 Å². The molecule has 0 amide bonds. The fourth-order valence-corrected chi connectivity index (χ4v) is 3.47. The van der Waals surface area contributed by atoms with Gasteiger partial charge in [0.15, 0.2) is 14.1 Å². The van der Waals surface area contributed by atoms with Gasteiger partial charge in [0.2, 0.25) is 0 Å². The molecule has 0 radical (unpaired) electrons. The lowest BCUT2D eigenvalue weighted by atomic mass is 10.1. The van der Waals surface area contributed by atoms with E-state index in [2.05, 4.69) is 58.1 Å². The third-order valence-electron chi connectivity index (χ3n) is 5.15. The Bertz CT molecular complexity index is 481. The standard InChI is InChI=1S/C18H30O3Si/c1-17(2,3)22(5,6)20-14-18(19-4)13-12-16(21-18)15-10-8-7-9-11-15/h7-11,16H,12-14H2,1-6H3/t16-,18+/m0/s1. The molecule has 1 aromatic rings. The van der Waals surface area contributed by atoms with Gasteiger partial charge in [-0.2, -0.15) is 0 Å². The third kappa shape index (κ3) is 3.80. The van der Waals surface area contributed by atoms with Crippen LogP contribution in [0.5, 0.6) is 0 Å². The highest BCUT2D eigenvalue weighted by Gasteiger charge is 2.45. The summed E-state index contributed by atoms with van der Waals surface area (Å²) in [6.45, 7) is 11.8. The van der Waals surface area contributed by atoms with E-state index in [1.54, 1.807) is 7.11 Å². The SMILES string of the molecule is CO[C@]1(CO[Si](C)(C)C(C)(C)C)CC[C@@H](c2ccccc2)O1. The first-order valence-corrected chi connectivity index (χ1v) is 11.0. The molecule has 0 aliphatic carbocycles. The van der Waals surface area contributed by atoms with Gasteiger partial charge >= 0.3 is 0 Å². The third-order valence-corrected chi connectivity index (χ3v) is 9.63. The van der Waals surface area contributed by atoms with Crippen LogP contribution < -0.4 is 0 Å². The molecule has 1 saturated heterocycles. The molecule has 0 bridgehead atoms. The average molecular weight is 323 g/mol. The minimum atomic E-state index is -1.80. The molecule has 1 aliphatic heterocycles. The van der Waals surface area contributed by atoms with Gasteiger partial charge < -0.3 is 13.9 Å². The Kier molecular flexibility index (Phi) is 5.17. The number of benzene rings is 1. The van der Waals surface area contributed by atoms with Crippen molar-refractivity contribution in [3.8, 4) is 0 Å². The van der Waals surface area contributed by atoms with Gasteiger partial charge in [0, 0.05) is 13.5 Å². The van der Waals surface area contributed by atoms with Gasteiger partial charge in [0.25, 0.3) is 0 Å². The predicted octanol–water partition coefficient (Wildman–Crippen LogP) is 4.90. The molecule has 2 rings (SSSR count). The zero-order chi connectivity index (χ0) is 16.4. The fraction of sp³-hybridized carbons (Fsp3) is 0.667. The van der Waals surface area contributed by atoms with Gasteiger partial charge in [-0.15, -0.1) is 0 Å². The van der Waals surface area contributed by atoms with Crippen LogP contribution in [0, 0.1) is 0 Å². The Balaban J connectivity index is 2.03. The van der Waals surface area contributed by atoms with Crippen molar-refractivity contribution in [3.63, 3.8) is 0 Å². The molecule has 1 aliphatic rings. The largest absolute Gasteiger partial charge is 0.411 e. The van der Waals surface area contributed by atoms with Gasteiger partial charge in [-0.1, -0.05) is 51.1 Å². The Hall–Kier alpha value is -0.683. The van der Waals surface area contributed by atoms with Crippen LogP contribution in [0.2, 0.25) is 18.1 Å². The second-order valence-corrected chi connectivity index (χ2v) is 12.5. The molecule has 22 heavy (non-hydrogen) atoms. The van der Waals surface area contributed by atoms with Crippen LogP contribution in [0.1, 0.15) is 45.3 Å². The molecule has 4 heteroatoms. The van der Waals surface area contributed by atoms with Crippen LogP contribution in [0.15, 0.2) is 30.3 Å². The first-order valence-electron chi connectivity index (χ1n) is 8.11. The Morgan fingerprint density at radius 3 is 2.41 bits per heavy atom. The maximum Gasteiger partial charge on any atom is 0.192 e. The van der Waals surface area contributed by atoms with Crippen LogP contribution in [0.3, 0.4) is 0 Å². The van der Waals surface area contributed by atoms with Crippen LogP contribution in [-0.2, 0) is 13.9 Å². The van der Waals surface area contributed by atoms with Crippen molar-refractivity contribution in [2.75, 3.05) is 13.7 Å². The number of methoxy groups -OCH3 is 1. The normalized spacial score (nSPS) is 26.4. The lowest BCUT2D eigenvalue weighted by molar-refractivity contribution is -0.229. The number of hydrogen-bond donors (Lipinski definition) is 0. The van der Waals surface area contributed by atoms with E-state index in [0.717, 1.165) is 12.8 Å². The summed E-state index contributed by atoms with van der Waals surface area (Å²) in [5.74, 6) is -0.601. The molecular weight excluding hydrogens is 292 g/mol. The summed E-state index contributed by atoms with van der Waals surface area (Å²) < 4.78 is 18.3.